The molecule has 3 rings (SSSR count). The zero-order valence-electron chi connectivity index (χ0n) is 15.2. The molecule has 0 aliphatic carbocycles. The summed E-state index contributed by atoms with van der Waals surface area (Å²) in [7, 11) is 0. The van der Waals surface area contributed by atoms with Crippen LogP contribution in [0.2, 0.25) is 0 Å². The molecule has 1 N–H and O–H groups in total. The minimum atomic E-state index is 0.127. The first-order valence-corrected chi connectivity index (χ1v) is 9.21. The fraction of sp³-hybridized carbons (Fsp3) is 0.632. The van der Waals surface area contributed by atoms with Crippen molar-refractivity contribution < 1.29 is 19.0 Å². The van der Waals surface area contributed by atoms with Gasteiger partial charge >= 0.3 is 0 Å². The van der Waals surface area contributed by atoms with Crippen molar-refractivity contribution in [2.45, 2.75) is 39.3 Å². The molecule has 2 aliphatic rings. The van der Waals surface area contributed by atoms with Crippen molar-refractivity contribution in [2.24, 2.45) is 0 Å². The van der Waals surface area contributed by atoms with E-state index in [0.29, 0.717) is 32.8 Å². The Hall–Kier alpha value is -1.79. The lowest BCUT2D eigenvalue weighted by Gasteiger charge is -2.32. The van der Waals surface area contributed by atoms with Crippen LogP contribution in [0.15, 0.2) is 12.1 Å². The first-order chi connectivity index (χ1) is 12.2. The number of carbonyl (C=O) groups is 1. The molecule has 1 aromatic carbocycles. The summed E-state index contributed by atoms with van der Waals surface area (Å²) in [6, 6.07) is 4.23. The molecule has 0 aromatic heterocycles. The SMILES string of the molecule is CCOc1cc2c(cc1OCC)CN(C(=O)CC1COCCN1)CC2. The van der Waals surface area contributed by atoms with Crippen LogP contribution in [0.4, 0.5) is 0 Å². The third-order valence-corrected chi connectivity index (χ3v) is 4.65. The molecule has 2 heterocycles. The second-order valence-electron chi connectivity index (χ2n) is 6.43. The normalized spacial score (nSPS) is 20.1. The van der Waals surface area contributed by atoms with Crippen molar-refractivity contribution in [3.63, 3.8) is 0 Å². The minimum Gasteiger partial charge on any atom is -0.490 e. The summed E-state index contributed by atoms with van der Waals surface area (Å²) in [5.74, 6) is 1.74. The van der Waals surface area contributed by atoms with Gasteiger partial charge in [0.05, 0.1) is 26.4 Å². The lowest BCUT2D eigenvalue weighted by atomic mass is 9.98. The third kappa shape index (κ3) is 4.44. The lowest BCUT2D eigenvalue weighted by Crippen LogP contribution is -2.46. The van der Waals surface area contributed by atoms with Crippen LogP contribution in [-0.4, -0.2) is 56.4 Å². The Bertz CT molecular complexity index is 599. The van der Waals surface area contributed by atoms with Crippen molar-refractivity contribution in [3.05, 3.63) is 23.3 Å². The van der Waals surface area contributed by atoms with Crippen LogP contribution in [0, 0.1) is 0 Å². The van der Waals surface area contributed by atoms with Gasteiger partial charge in [0.1, 0.15) is 0 Å². The zero-order chi connectivity index (χ0) is 17.6. The van der Waals surface area contributed by atoms with Gasteiger partial charge in [0.2, 0.25) is 5.91 Å². The molecule has 1 unspecified atom stereocenters. The van der Waals surface area contributed by atoms with E-state index in [9.17, 15) is 4.79 Å². The van der Waals surface area contributed by atoms with E-state index in [2.05, 4.69) is 11.4 Å². The first-order valence-electron chi connectivity index (χ1n) is 9.21. The maximum absolute atomic E-state index is 12.6. The maximum Gasteiger partial charge on any atom is 0.224 e. The van der Waals surface area contributed by atoms with Crippen molar-refractivity contribution in [1.82, 2.24) is 10.2 Å². The van der Waals surface area contributed by atoms with Gasteiger partial charge in [0, 0.05) is 32.1 Å². The predicted molar refractivity (Wildman–Crippen MR) is 95.1 cm³/mol. The van der Waals surface area contributed by atoms with Gasteiger partial charge in [-0.15, -0.1) is 0 Å². The number of rotatable bonds is 6. The second kappa shape index (κ2) is 8.54. The van der Waals surface area contributed by atoms with Gasteiger partial charge in [0.25, 0.3) is 0 Å². The number of benzene rings is 1. The number of amides is 1. The molecule has 138 valence electrons. The van der Waals surface area contributed by atoms with Crippen LogP contribution >= 0.6 is 0 Å². The van der Waals surface area contributed by atoms with Crippen LogP contribution in [0.1, 0.15) is 31.4 Å². The van der Waals surface area contributed by atoms with E-state index in [1.165, 1.54) is 5.56 Å². The quantitative estimate of drug-likeness (QED) is 0.849. The molecule has 0 radical (unpaired) electrons. The highest BCUT2D eigenvalue weighted by molar-refractivity contribution is 5.77. The van der Waals surface area contributed by atoms with Crippen molar-refractivity contribution in [1.29, 1.82) is 0 Å². The molecular formula is C19H28N2O4. The number of nitrogens with zero attached hydrogens (tertiary/aromatic N) is 1. The average Bonchev–Trinajstić information content (AvgIpc) is 2.63. The zero-order valence-corrected chi connectivity index (χ0v) is 15.2. The molecule has 6 heteroatoms. The number of carbonyl (C=O) groups excluding carboxylic acids is 1. The van der Waals surface area contributed by atoms with Crippen molar-refractivity contribution in [3.8, 4) is 11.5 Å². The highest BCUT2D eigenvalue weighted by Gasteiger charge is 2.25. The smallest absolute Gasteiger partial charge is 0.224 e. The van der Waals surface area contributed by atoms with Crippen LogP contribution < -0.4 is 14.8 Å². The number of nitrogens with one attached hydrogen (secondary N) is 1. The standard InChI is InChI=1S/C19H28N2O4/c1-3-24-17-9-14-5-7-21(12-15(14)10-18(17)25-4-2)19(22)11-16-13-23-8-6-20-16/h9-10,16,20H,3-8,11-13H2,1-2H3. The fourth-order valence-electron chi connectivity index (χ4n) is 3.40. The molecule has 1 aromatic rings. The molecule has 1 amide bonds. The number of fused-ring (bicyclic) bond motifs is 1. The van der Waals surface area contributed by atoms with Gasteiger partial charge in [-0.1, -0.05) is 0 Å². The Morgan fingerprint density at radius 3 is 2.60 bits per heavy atom. The van der Waals surface area contributed by atoms with Crippen LogP contribution in [0.5, 0.6) is 11.5 Å². The van der Waals surface area contributed by atoms with E-state index >= 15 is 0 Å². The largest absolute Gasteiger partial charge is 0.490 e. The third-order valence-electron chi connectivity index (χ3n) is 4.65. The van der Waals surface area contributed by atoms with Gasteiger partial charge in [0.15, 0.2) is 11.5 Å². The molecule has 25 heavy (non-hydrogen) atoms. The summed E-state index contributed by atoms with van der Waals surface area (Å²) in [5.41, 5.74) is 2.40. The number of hydrogen-bond donors (Lipinski definition) is 1. The van der Waals surface area contributed by atoms with E-state index in [0.717, 1.165) is 43.2 Å². The average molecular weight is 348 g/mol. The molecule has 1 atom stereocenters. The summed E-state index contributed by atoms with van der Waals surface area (Å²) in [5, 5.41) is 3.35. The van der Waals surface area contributed by atoms with E-state index in [-0.39, 0.29) is 11.9 Å². The lowest BCUT2D eigenvalue weighted by molar-refractivity contribution is -0.133. The number of ether oxygens (including phenoxy) is 3. The summed E-state index contributed by atoms with van der Waals surface area (Å²) >= 11 is 0. The molecule has 6 nitrogen and oxygen atoms in total. The topological polar surface area (TPSA) is 60.0 Å². The van der Waals surface area contributed by atoms with E-state index in [4.69, 9.17) is 14.2 Å². The Balaban J connectivity index is 1.69. The van der Waals surface area contributed by atoms with Gasteiger partial charge in [-0.2, -0.15) is 0 Å². The Kier molecular flexibility index (Phi) is 6.15. The summed E-state index contributed by atoms with van der Waals surface area (Å²) < 4.78 is 16.9. The van der Waals surface area contributed by atoms with E-state index < -0.39 is 0 Å². The summed E-state index contributed by atoms with van der Waals surface area (Å²) in [6.45, 7) is 8.68. The van der Waals surface area contributed by atoms with E-state index in [1.54, 1.807) is 0 Å². The van der Waals surface area contributed by atoms with E-state index in [1.807, 2.05) is 24.8 Å². The highest BCUT2D eigenvalue weighted by Crippen LogP contribution is 2.34. The van der Waals surface area contributed by atoms with Crippen LogP contribution in [-0.2, 0) is 22.5 Å². The predicted octanol–water partition coefficient (Wildman–Crippen LogP) is 1.75. The van der Waals surface area contributed by atoms with Gasteiger partial charge in [-0.25, -0.2) is 0 Å². The molecule has 0 spiro atoms. The first kappa shape index (κ1) is 18.0. The molecule has 1 saturated heterocycles. The Morgan fingerprint density at radius 1 is 1.24 bits per heavy atom. The monoisotopic (exact) mass is 348 g/mol. The van der Waals surface area contributed by atoms with Gasteiger partial charge in [-0.05, 0) is 43.5 Å². The molecular weight excluding hydrogens is 320 g/mol. The van der Waals surface area contributed by atoms with Crippen LogP contribution in [0.3, 0.4) is 0 Å². The molecule has 1 fully saturated rings. The van der Waals surface area contributed by atoms with Gasteiger partial charge in [-0.3, -0.25) is 4.79 Å². The fourth-order valence-corrected chi connectivity index (χ4v) is 3.40. The van der Waals surface area contributed by atoms with Crippen molar-refractivity contribution in [2.75, 3.05) is 39.5 Å². The highest BCUT2D eigenvalue weighted by atomic mass is 16.5. The summed E-state index contributed by atoms with van der Waals surface area (Å²) in [4.78, 5) is 14.6. The van der Waals surface area contributed by atoms with Crippen LogP contribution in [0.25, 0.3) is 0 Å². The second-order valence-corrected chi connectivity index (χ2v) is 6.43. The molecule has 0 saturated carbocycles. The summed E-state index contributed by atoms with van der Waals surface area (Å²) in [6.07, 6.45) is 1.34. The number of hydrogen-bond acceptors (Lipinski definition) is 5. The minimum absolute atomic E-state index is 0.127. The Labute approximate surface area is 149 Å². The van der Waals surface area contributed by atoms with Crippen molar-refractivity contribution >= 4 is 5.91 Å². The Morgan fingerprint density at radius 2 is 1.96 bits per heavy atom. The maximum atomic E-state index is 12.6. The van der Waals surface area contributed by atoms with Gasteiger partial charge < -0.3 is 24.4 Å². The molecule has 0 bridgehead atoms. The number of morpholine rings is 1. The molecule has 2 aliphatic heterocycles.